The average Bonchev–Trinajstić information content (AvgIpc) is 2.00. The fourth-order valence-electron chi connectivity index (χ4n) is 0.671. The number of hydrogen-bond acceptors (Lipinski definition) is 4. The Morgan fingerprint density at radius 1 is 1.14 bits per heavy atom. The molecule has 0 saturated heterocycles. The van der Waals surface area contributed by atoms with Gasteiger partial charge in [0.05, 0.1) is 11.5 Å². The van der Waals surface area contributed by atoms with Gasteiger partial charge in [0.25, 0.3) is 0 Å². The summed E-state index contributed by atoms with van der Waals surface area (Å²) in [7, 11) is -5.36. The summed E-state index contributed by atoms with van der Waals surface area (Å²) in [4.78, 5) is 0. The predicted molar refractivity (Wildman–Crippen MR) is 56.8 cm³/mol. The SMILES string of the molecule is CN(CCCl)S(=O)(=O)CCS(C)(=O)=O. The number of nitrogens with zero attached hydrogens (tertiary/aromatic N) is 1. The normalized spacial score (nSPS) is 13.4. The molecule has 0 aliphatic heterocycles. The van der Waals surface area contributed by atoms with E-state index in [2.05, 4.69) is 0 Å². The van der Waals surface area contributed by atoms with Crippen molar-refractivity contribution in [2.24, 2.45) is 0 Å². The first-order chi connectivity index (χ1) is 6.19. The van der Waals surface area contributed by atoms with Gasteiger partial charge >= 0.3 is 0 Å². The van der Waals surface area contributed by atoms with Crippen molar-refractivity contribution < 1.29 is 16.8 Å². The number of alkyl halides is 1. The van der Waals surface area contributed by atoms with Gasteiger partial charge in [-0.1, -0.05) is 0 Å². The van der Waals surface area contributed by atoms with Crippen molar-refractivity contribution in [3.05, 3.63) is 0 Å². The van der Waals surface area contributed by atoms with Gasteiger partial charge in [0.15, 0.2) is 0 Å². The molecule has 0 atom stereocenters. The average molecular weight is 264 g/mol. The monoisotopic (exact) mass is 263 g/mol. The lowest BCUT2D eigenvalue weighted by molar-refractivity contribution is 0.488. The molecule has 0 aliphatic carbocycles. The Morgan fingerprint density at radius 3 is 2.00 bits per heavy atom. The van der Waals surface area contributed by atoms with Crippen LogP contribution in [0.5, 0.6) is 0 Å². The molecule has 0 aromatic carbocycles. The van der Waals surface area contributed by atoms with E-state index in [1.807, 2.05) is 0 Å². The van der Waals surface area contributed by atoms with Crippen LogP contribution in [0.4, 0.5) is 0 Å². The molecule has 0 aromatic heterocycles. The van der Waals surface area contributed by atoms with Crippen molar-refractivity contribution in [2.45, 2.75) is 0 Å². The number of hydrogen-bond donors (Lipinski definition) is 0. The molecular formula is C6H14ClNO4S2. The summed E-state index contributed by atoms with van der Waals surface area (Å²) in [5.41, 5.74) is 0. The van der Waals surface area contributed by atoms with Crippen LogP contribution in [0.15, 0.2) is 0 Å². The molecule has 0 bridgehead atoms. The van der Waals surface area contributed by atoms with Crippen LogP contribution in [0, 0.1) is 0 Å². The van der Waals surface area contributed by atoms with Crippen LogP contribution < -0.4 is 0 Å². The van der Waals surface area contributed by atoms with Gasteiger partial charge in [0, 0.05) is 25.7 Å². The summed E-state index contributed by atoms with van der Waals surface area (Å²) < 4.78 is 45.3. The number of rotatable bonds is 6. The Morgan fingerprint density at radius 2 is 1.64 bits per heavy atom. The van der Waals surface area contributed by atoms with E-state index in [-0.39, 0.29) is 23.9 Å². The summed E-state index contributed by atoms with van der Waals surface area (Å²) in [6.07, 6.45) is 1.00. The first-order valence-corrected chi connectivity index (χ1v) is 8.07. The van der Waals surface area contributed by atoms with Crippen molar-refractivity contribution in [1.29, 1.82) is 0 Å². The van der Waals surface area contributed by atoms with Crippen LogP contribution in [0.1, 0.15) is 0 Å². The van der Waals surface area contributed by atoms with Crippen molar-refractivity contribution in [1.82, 2.24) is 4.31 Å². The maximum Gasteiger partial charge on any atom is 0.214 e. The molecule has 14 heavy (non-hydrogen) atoms. The fraction of sp³-hybridized carbons (Fsp3) is 1.00. The van der Waals surface area contributed by atoms with E-state index in [4.69, 9.17) is 11.6 Å². The highest BCUT2D eigenvalue weighted by Crippen LogP contribution is 1.99. The number of halogens is 1. The molecule has 0 amide bonds. The van der Waals surface area contributed by atoms with Gasteiger partial charge in [-0.3, -0.25) is 0 Å². The minimum absolute atomic E-state index is 0.188. The van der Waals surface area contributed by atoms with Crippen LogP contribution in [0.2, 0.25) is 0 Å². The van der Waals surface area contributed by atoms with Gasteiger partial charge in [0.1, 0.15) is 9.84 Å². The van der Waals surface area contributed by atoms with E-state index in [0.29, 0.717) is 0 Å². The molecule has 86 valence electrons. The summed E-state index contributed by atoms with van der Waals surface area (Å²) in [6.45, 7) is 0.188. The fourth-order valence-corrected chi connectivity index (χ4v) is 3.76. The van der Waals surface area contributed by atoms with Gasteiger partial charge in [-0.15, -0.1) is 11.6 Å². The zero-order valence-corrected chi connectivity index (χ0v) is 10.5. The van der Waals surface area contributed by atoms with E-state index in [0.717, 1.165) is 10.6 Å². The van der Waals surface area contributed by atoms with Crippen molar-refractivity contribution >= 4 is 31.5 Å². The maximum absolute atomic E-state index is 11.4. The van der Waals surface area contributed by atoms with Crippen LogP contribution in [-0.2, 0) is 19.9 Å². The van der Waals surface area contributed by atoms with E-state index in [9.17, 15) is 16.8 Å². The third-order valence-corrected chi connectivity index (χ3v) is 4.81. The highest BCUT2D eigenvalue weighted by Gasteiger charge is 2.19. The second-order valence-corrected chi connectivity index (χ2v) is 7.79. The first-order valence-electron chi connectivity index (χ1n) is 3.87. The zero-order valence-electron chi connectivity index (χ0n) is 8.10. The topological polar surface area (TPSA) is 71.5 Å². The van der Waals surface area contributed by atoms with Crippen LogP contribution in [0.3, 0.4) is 0 Å². The molecule has 8 heteroatoms. The Bertz CT molecular complexity index is 361. The van der Waals surface area contributed by atoms with Crippen LogP contribution >= 0.6 is 11.6 Å². The molecule has 0 radical (unpaired) electrons. The molecule has 0 aromatic rings. The lowest BCUT2D eigenvalue weighted by Crippen LogP contribution is -2.33. The van der Waals surface area contributed by atoms with E-state index in [1.165, 1.54) is 7.05 Å². The molecule has 0 spiro atoms. The third kappa shape index (κ3) is 5.79. The van der Waals surface area contributed by atoms with E-state index in [1.54, 1.807) is 0 Å². The Kier molecular flexibility index (Phi) is 5.35. The quantitative estimate of drug-likeness (QED) is 0.608. The number of sulfone groups is 1. The van der Waals surface area contributed by atoms with Crippen molar-refractivity contribution in [3.63, 3.8) is 0 Å². The highest BCUT2D eigenvalue weighted by molar-refractivity contribution is 7.93. The highest BCUT2D eigenvalue weighted by atomic mass is 35.5. The molecule has 0 rings (SSSR count). The summed E-state index contributed by atoms with van der Waals surface area (Å²) in [5, 5.41) is 0. The van der Waals surface area contributed by atoms with Crippen LogP contribution in [-0.4, -0.2) is 58.4 Å². The predicted octanol–water partition coefficient (Wildman–Crippen LogP) is -0.469. The zero-order chi connectivity index (χ0) is 11.4. The second-order valence-electron chi connectivity index (χ2n) is 2.96. The van der Waals surface area contributed by atoms with Crippen molar-refractivity contribution in [3.8, 4) is 0 Å². The minimum Gasteiger partial charge on any atom is -0.229 e. The smallest absolute Gasteiger partial charge is 0.214 e. The first kappa shape index (κ1) is 14.2. The Hall–Kier alpha value is 0.150. The minimum atomic E-state index is -3.49. The lowest BCUT2D eigenvalue weighted by Gasteiger charge is -2.14. The molecular weight excluding hydrogens is 250 g/mol. The second kappa shape index (κ2) is 5.29. The molecule has 0 unspecified atom stereocenters. The standard InChI is InChI=1S/C6H14ClNO4S2/c1-8(4-3-7)14(11,12)6-5-13(2,9)10/h3-6H2,1-2H3. The van der Waals surface area contributed by atoms with Gasteiger partial charge in [-0.25, -0.2) is 21.1 Å². The van der Waals surface area contributed by atoms with Crippen LogP contribution in [0.25, 0.3) is 0 Å². The third-order valence-electron chi connectivity index (χ3n) is 1.59. The van der Waals surface area contributed by atoms with Gasteiger partial charge in [-0.05, 0) is 0 Å². The molecule has 0 fully saturated rings. The van der Waals surface area contributed by atoms with Gasteiger partial charge < -0.3 is 0 Å². The summed E-state index contributed by atoms with van der Waals surface area (Å²) >= 11 is 5.37. The Balaban J connectivity index is 4.36. The van der Waals surface area contributed by atoms with Crippen molar-refractivity contribution in [2.75, 3.05) is 37.2 Å². The summed E-state index contributed by atoms with van der Waals surface area (Å²) in [5.74, 6) is -0.560. The van der Waals surface area contributed by atoms with E-state index < -0.39 is 19.9 Å². The van der Waals surface area contributed by atoms with Gasteiger partial charge in [-0.2, -0.15) is 0 Å². The summed E-state index contributed by atoms with van der Waals surface area (Å²) in [6, 6.07) is 0. The maximum atomic E-state index is 11.4. The van der Waals surface area contributed by atoms with E-state index >= 15 is 0 Å². The molecule has 0 aliphatic rings. The molecule has 5 nitrogen and oxygen atoms in total. The molecule has 0 heterocycles. The molecule has 0 saturated carbocycles. The lowest BCUT2D eigenvalue weighted by atomic mass is 10.8. The Labute approximate surface area is 90.0 Å². The largest absolute Gasteiger partial charge is 0.229 e. The molecule has 0 N–H and O–H groups in total. The number of sulfonamides is 1. The van der Waals surface area contributed by atoms with Gasteiger partial charge in [0.2, 0.25) is 10.0 Å².